The molecule has 0 radical (unpaired) electrons. The van der Waals surface area contributed by atoms with E-state index in [1.807, 2.05) is 38.1 Å². The maximum absolute atomic E-state index is 11.5. The van der Waals surface area contributed by atoms with Crippen LogP contribution in [0, 0.1) is 6.92 Å². The minimum atomic E-state index is -0.174. The summed E-state index contributed by atoms with van der Waals surface area (Å²) in [5.41, 5.74) is 1.09. The van der Waals surface area contributed by atoms with E-state index in [0.29, 0.717) is 12.2 Å². The number of benzene rings is 1. The van der Waals surface area contributed by atoms with Crippen LogP contribution < -0.4 is 10.1 Å². The molecule has 0 bridgehead atoms. The summed E-state index contributed by atoms with van der Waals surface area (Å²) in [6, 6.07) is 7.52. The zero-order valence-corrected chi connectivity index (χ0v) is 10.3. The fourth-order valence-corrected chi connectivity index (χ4v) is 1.44. The van der Waals surface area contributed by atoms with E-state index in [2.05, 4.69) is 5.32 Å². The molecule has 94 valence electrons. The number of carbonyl (C=O) groups is 1. The third kappa shape index (κ3) is 5.36. The van der Waals surface area contributed by atoms with Crippen LogP contribution in [0.5, 0.6) is 5.75 Å². The average molecular weight is 237 g/mol. The van der Waals surface area contributed by atoms with E-state index in [9.17, 15) is 4.79 Å². The van der Waals surface area contributed by atoms with Gasteiger partial charge in [0.2, 0.25) is 0 Å². The second-order valence-electron chi connectivity index (χ2n) is 4.09. The van der Waals surface area contributed by atoms with Crippen molar-refractivity contribution in [1.29, 1.82) is 0 Å². The van der Waals surface area contributed by atoms with Gasteiger partial charge in [-0.3, -0.25) is 4.79 Å². The molecule has 0 fully saturated rings. The standard InChI is InChI=1S/C13H19NO3/c1-10-4-3-5-12(8-10)17-9-13(16)14-11(2)6-7-15/h3-5,8,11,15H,6-7,9H2,1-2H3,(H,14,16). The van der Waals surface area contributed by atoms with Crippen LogP contribution in [0.25, 0.3) is 0 Å². The van der Waals surface area contributed by atoms with Crippen molar-refractivity contribution in [3.63, 3.8) is 0 Å². The summed E-state index contributed by atoms with van der Waals surface area (Å²) in [4.78, 5) is 11.5. The molecule has 4 heteroatoms. The molecule has 2 N–H and O–H groups in total. The maximum Gasteiger partial charge on any atom is 0.258 e. The van der Waals surface area contributed by atoms with E-state index in [-0.39, 0.29) is 25.2 Å². The van der Waals surface area contributed by atoms with Crippen molar-refractivity contribution >= 4 is 5.91 Å². The van der Waals surface area contributed by atoms with Gasteiger partial charge in [0, 0.05) is 12.6 Å². The van der Waals surface area contributed by atoms with Gasteiger partial charge in [-0.2, -0.15) is 0 Å². The number of rotatable bonds is 6. The predicted molar refractivity (Wildman–Crippen MR) is 66.0 cm³/mol. The minimum absolute atomic E-state index is 0.000772. The SMILES string of the molecule is Cc1cccc(OCC(=O)NC(C)CCO)c1. The molecule has 1 aromatic rings. The van der Waals surface area contributed by atoms with Gasteiger partial charge in [-0.05, 0) is 38.0 Å². The maximum atomic E-state index is 11.5. The van der Waals surface area contributed by atoms with Crippen LogP contribution in [0.1, 0.15) is 18.9 Å². The third-order valence-electron chi connectivity index (χ3n) is 2.33. The molecule has 0 aromatic heterocycles. The lowest BCUT2D eigenvalue weighted by Crippen LogP contribution is -2.36. The highest BCUT2D eigenvalue weighted by Gasteiger charge is 2.07. The van der Waals surface area contributed by atoms with Gasteiger partial charge in [0.15, 0.2) is 6.61 Å². The van der Waals surface area contributed by atoms with Crippen LogP contribution in [0.2, 0.25) is 0 Å². The molecular weight excluding hydrogens is 218 g/mol. The van der Waals surface area contributed by atoms with Gasteiger partial charge >= 0.3 is 0 Å². The van der Waals surface area contributed by atoms with Crippen LogP contribution in [0.15, 0.2) is 24.3 Å². The fourth-order valence-electron chi connectivity index (χ4n) is 1.44. The molecular formula is C13H19NO3. The van der Waals surface area contributed by atoms with Crippen LogP contribution in [0.3, 0.4) is 0 Å². The Hall–Kier alpha value is -1.55. The van der Waals surface area contributed by atoms with Gasteiger partial charge in [-0.15, -0.1) is 0 Å². The topological polar surface area (TPSA) is 58.6 Å². The first-order valence-corrected chi connectivity index (χ1v) is 5.71. The van der Waals surface area contributed by atoms with Crippen molar-refractivity contribution in [2.75, 3.05) is 13.2 Å². The van der Waals surface area contributed by atoms with E-state index in [4.69, 9.17) is 9.84 Å². The molecule has 4 nitrogen and oxygen atoms in total. The highest BCUT2D eigenvalue weighted by molar-refractivity contribution is 5.77. The van der Waals surface area contributed by atoms with Gasteiger partial charge < -0.3 is 15.2 Å². The summed E-state index contributed by atoms with van der Waals surface area (Å²) < 4.78 is 5.35. The van der Waals surface area contributed by atoms with Crippen LogP contribution in [-0.2, 0) is 4.79 Å². The van der Waals surface area contributed by atoms with Crippen molar-refractivity contribution in [2.24, 2.45) is 0 Å². The molecule has 1 amide bonds. The van der Waals surface area contributed by atoms with Crippen LogP contribution in [-0.4, -0.2) is 30.3 Å². The predicted octanol–water partition coefficient (Wildman–Crippen LogP) is 1.26. The van der Waals surface area contributed by atoms with Crippen molar-refractivity contribution in [3.8, 4) is 5.75 Å². The Kier molecular flexibility index (Phi) is 5.49. The lowest BCUT2D eigenvalue weighted by atomic mass is 10.2. The minimum Gasteiger partial charge on any atom is -0.484 e. The number of amides is 1. The largest absolute Gasteiger partial charge is 0.484 e. The number of aliphatic hydroxyl groups is 1. The number of nitrogens with one attached hydrogen (secondary N) is 1. The number of ether oxygens (including phenoxy) is 1. The zero-order valence-electron chi connectivity index (χ0n) is 10.3. The first-order valence-electron chi connectivity index (χ1n) is 5.71. The molecule has 0 spiro atoms. The summed E-state index contributed by atoms with van der Waals surface area (Å²) in [6.45, 7) is 3.89. The molecule has 1 rings (SSSR count). The third-order valence-corrected chi connectivity index (χ3v) is 2.33. The lowest BCUT2D eigenvalue weighted by Gasteiger charge is -2.13. The van der Waals surface area contributed by atoms with Crippen LogP contribution in [0.4, 0.5) is 0 Å². The monoisotopic (exact) mass is 237 g/mol. The highest BCUT2D eigenvalue weighted by atomic mass is 16.5. The Morgan fingerprint density at radius 2 is 2.29 bits per heavy atom. The molecule has 0 aliphatic rings. The molecule has 1 aromatic carbocycles. The lowest BCUT2D eigenvalue weighted by molar-refractivity contribution is -0.123. The van der Waals surface area contributed by atoms with E-state index < -0.39 is 0 Å². The summed E-state index contributed by atoms with van der Waals surface area (Å²) in [7, 11) is 0. The van der Waals surface area contributed by atoms with E-state index in [0.717, 1.165) is 5.56 Å². The fraction of sp³-hybridized carbons (Fsp3) is 0.462. The van der Waals surface area contributed by atoms with Crippen LogP contribution >= 0.6 is 0 Å². The van der Waals surface area contributed by atoms with Gasteiger partial charge in [0.1, 0.15) is 5.75 Å². The molecule has 17 heavy (non-hydrogen) atoms. The molecule has 0 saturated carbocycles. The second-order valence-corrected chi connectivity index (χ2v) is 4.09. The van der Waals surface area contributed by atoms with Crippen molar-refractivity contribution < 1.29 is 14.6 Å². The first-order chi connectivity index (χ1) is 8.11. The Morgan fingerprint density at radius 3 is 2.94 bits per heavy atom. The van der Waals surface area contributed by atoms with Gasteiger partial charge in [0.25, 0.3) is 5.91 Å². The highest BCUT2D eigenvalue weighted by Crippen LogP contribution is 2.11. The Labute approximate surface area is 102 Å². The molecule has 0 aliphatic heterocycles. The molecule has 0 saturated heterocycles. The van der Waals surface area contributed by atoms with E-state index in [1.54, 1.807) is 0 Å². The molecule has 1 atom stereocenters. The smallest absolute Gasteiger partial charge is 0.258 e. The average Bonchev–Trinajstić information content (AvgIpc) is 2.27. The molecule has 1 unspecified atom stereocenters. The van der Waals surface area contributed by atoms with Gasteiger partial charge in [-0.1, -0.05) is 12.1 Å². The van der Waals surface area contributed by atoms with Crippen molar-refractivity contribution in [3.05, 3.63) is 29.8 Å². The number of hydrogen-bond acceptors (Lipinski definition) is 3. The summed E-state index contributed by atoms with van der Waals surface area (Å²) in [6.07, 6.45) is 0.552. The van der Waals surface area contributed by atoms with Crippen molar-refractivity contribution in [2.45, 2.75) is 26.3 Å². The number of carbonyl (C=O) groups excluding carboxylic acids is 1. The van der Waals surface area contributed by atoms with Gasteiger partial charge in [0.05, 0.1) is 0 Å². The summed E-state index contributed by atoms with van der Waals surface area (Å²) >= 11 is 0. The normalized spacial score (nSPS) is 11.9. The Morgan fingerprint density at radius 1 is 1.53 bits per heavy atom. The number of aryl methyl sites for hydroxylation is 1. The molecule has 0 heterocycles. The Balaban J connectivity index is 2.33. The summed E-state index contributed by atoms with van der Waals surface area (Å²) in [5, 5.41) is 11.4. The van der Waals surface area contributed by atoms with Gasteiger partial charge in [-0.25, -0.2) is 0 Å². The van der Waals surface area contributed by atoms with Crippen molar-refractivity contribution in [1.82, 2.24) is 5.32 Å². The van der Waals surface area contributed by atoms with E-state index in [1.165, 1.54) is 0 Å². The second kappa shape index (κ2) is 6.91. The number of hydrogen-bond donors (Lipinski definition) is 2. The number of aliphatic hydroxyl groups excluding tert-OH is 1. The Bertz CT molecular complexity index is 365. The quantitative estimate of drug-likeness (QED) is 0.783. The summed E-state index contributed by atoms with van der Waals surface area (Å²) in [5.74, 6) is 0.516. The molecule has 0 aliphatic carbocycles. The van der Waals surface area contributed by atoms with E-state index >= 15 is 0 Å². The zero-order chi connectivity index (χ0) is 12.7. The first kappa shape index (κ1) is 13.5.